The van der Waals surface area contributed by atoms with E-state index in [0.717, 1.165) is 0 Å². The second-order valence-electron chi connectivity index (χ2n) is 3.08. The van der Waals surface area contributed by atoms with Gasteiger partial charge in [-0.25, -0.2) is 9.78 Å². The summed E-state index contributed by atoms with van der Waals surface area (Å²) in [6, 6.07) is 4.56. The van der Waals surface area contributed by atoms with Crippen molar-refractivity contribution in [3.8, 4) is 0 Å². The molecule has 0 aliphatic rings. The molecule has 1 aromatic carbocycles. The lowest BCUT2D eigenvalue weighted by atomic mass is 10.1. The molecule has 82 valence electrons. The van der Waals surface area contributed by atoms with Gasteiger partial charge in [-0.2, -0.15) is 0 Å². The van der Waals surface area contributed by atoms with E-state index in [9.17, 15) is 4.79 Å². The van der Waals surface area contributed by atoms with E-state index >= 15 is 0 Å². The summed E-state index contributed by atoms with van der Waals surface area (Å²) in [5.74, 6) is -1.04. The van der Waals surface area contributed by atoms with Crippen molar-refractivity contribution in [2.75, 3.05) is 0 Å². The van der Waals surface area contributed by atoms with Crippen molar-refractivity contribution < 1.29 is 9.90 Å². The monoisotopic (exact) mass is 319 g/mol. The molecule has 0 aliphatic heterocycles. The molecule has 16 heavy (non-hydrogen) atoms. The molecule has 0 fully saturated rings. The smallest absolute Gasteiger partial charge is 0.336 e. The molecule has 0 atom stereocenters. The van der Waals surface area contributed by atoms with Gasteiger partial charge in [0.15, 0.2) is 0 Å². The average Bonchev–Trinajstić information content (AvgIpc) is 2.18. The Morgan fingerprint density at radius 2 is 2.00 bits per heavy atom. The van der Waals surface area contributed by atoms with Crippen LogP contribution in [0, 0.1) is 0 Å². The number of pyridine rings is 1. The quantitative estimate of drug-likeness (QED) is 0.808. The zero-order valence-electron chi connectivity index (χ0n) is 7.67. The normalized spacial score (nSPS) is 10.7. The molecular weight excluding hydrogens is 317 g/mol. The van der Waals surface area contributed by atoms with Gasteiger partial charge in [-0.1, -0.05) is 23.2 Å². The summed E-state index contributed by atoms with van der Waals surface area (Å²) in [6.07, 6.45) is 0. The van der Waals surface area contributed by atoms with Gasteiger partial charge in [-0.05, 0) is 34.1 Å². The Morgan fingerprint density at radius 3 is 2.62 bits per heavy atom. The SMILES string of the molecule is O=C(O)c1cc2nc(Cl)cc(Cl)c2cc1Br. The first kappa shape index (κ1) is 11.6. The van der Waals surface area contributed by atoms with E-state index in [1.54, 1.807) is 6.07 Å². The van der Waals surface area contributed by atoms with Crippen LogP contribution in [0.2, 0.25) is 10.2 Å². The predicted octanol–water partition coefficient (Wildman–Crippen LogP) is 4.00. The number of benzene rings is 1. The minimum atomic E-state index is -1.04. The van der Waals surface area contributed by atoms with E-state index in [2.05, 4.69) is 20.9 Å². The van der Waals surface area contributed by atoms with E-state index in [0.29, 0.717) is 20.4 Å². The van der Waals surface area contributed by atoms with Gasteiger partial charge >= 0.3 is 5.97 Å². The molecule has 0 saturated carbocycles. The van der Waals surface area contributed by atoms with Gasteiger partial charge in [0.1, 0.15) is 5.15 Å². The Bertz CT molecular complexity index is 601. The highest BCUT2D eigenvalue weighted by Crippen LogP contribution is 2.30. The van der Waals surface area contributed by atoms with Gasteiger partial charge in [0.25, 0.3) is 0 Å². The predicted molar refractivity (Wildman–Crippen MR) is 66.4 cm³/mol. The lowest BCUT2D eigenvalue weighted by molar-refractivity contribution is 0.0696. The number of halogens is 3. The van der Waals surface area contributed by atoms with Crippen LogP contribution in [0.3, 0.4) is 0 Å². The Hall–Kier alpha value is -0.840. The fraction of sp³-hybridized carbons (Fsp3) is 0. The molecule has 1 N–H and O–H groups in total. The van der Waals surface area contributed by atoms with E-state index in [4.69, 9.17) is 28.3 Å². The fourth-order valence-corrected chi connectivity index (χ4v) is 2.36. The first-order chi connectivity index (χ1) is 7.49. The van der Waals surface area contributed by atoms with Crippen LogP contribution in [0.25, 0.3) is 10.9 Å². The molecule has 2 aromatic rings. The second-order valence-corrected chi connectivity index (χ2v) is 4.73. The molecule has 0 aliphatic carbocycles. The summed E-state index contributed by atoms with van der Waals surface area (Å²) in [5, 5.41) is 10.3. The molecule has 2 rings (SSSR count). The third-order valence-corrected chi connectivity index (χ3v) is 3.21. The molecular formula is C10H4BrCl2NO2. The number of hydrogen-bond acceptors (Lipinski definition) is 2. The minimum absolute atomic E-state index is 0.123. The van der Waals surface area contributed by atoms with Crippen LogP contribution in [-0.2, 0) is 0 Å². The second kappa shape index (κ2) is 4.20. The van der Waals surface area contributed by atoms with Crippen LogP contribution in [0.5, 0.6) is 0 Å². The van der Waals surface area contributed by atoms with E-state index in [1.807, 2.05) is 0 Å². The standard InChI is InChI=1S/C10H4BrCl2NO2/c11-6-1-5-7(12)3-9(13)14-8(5)2-4(6)10(15)16/h1-3H,(H,15,16). The van der Waals surface area contributed by atoms with E-state index < -0.39 is 5.97 Å². The zero-order valence-corrected chi connectivity index (χ0v) is 10.8. The van der Waals surface area contributed by atoms with Crippen molar-refractivity contribution in [3.63, 3.8) is 0 Å². The van der Waals surface area contributed by atoms with E-state index in [1.165, 1.54) is 12.1 Å². The summed E-state index contributed by atoms with van der Waals surface area (Å²) in [4.78, 5) is 14.9. The summed E-state index contributed by atoms with van der Waals surface area (Å²) in [6.45, 7) is 0. The van der Waals surface area contributed by atoms with Crippen LogP contribution in [-0.4, -0.2) is 16.1 Å². The number of rotatable bonds is 1. The molecule has 0 amide bonds. The van der Waals surface area contributed by atoms with Crippen molar-refractivity contribution in [3.05, 3.63) is 38.4 Å². The van der Waals surface area contributed by atoms with Gasteiger partial charge in [0.2, 0.25) is 0 Å². The topological polar surface area (TPSA) is 50.2 Å². The van der Waals surface area contributed by atoms with Crippen molar-refractivity contribution >= 4 is 56.0 Å². The van der Waals surface area contributed by atoms with Gasteiger partial charge in [0, 0.05) is 9.86 Å². The maximum absolute atomic E-state index is 10.9. The number of carboxylic acid groups (broad SMARTS) is 1. The maximum Gasteiger partial charge on any atom is 0.336 e. The maximum atomic E-state index is 10.9. The third kappa shape index (κ3) is 2.00. The number of hydrogen-bond donors (Lipinski definition) is 1. The third-order valence-electron chi connectivity index (χ3n) is 2.05. The minimum Gasteiger partial charge on any atom is -0.478 e. The Kier molecular flexibility index (Phi) is 3.06. The van der Waals surface area contributed by atoms with Crippen molar-refractivity contribution in [2.45, 2.75) is 0 Å². The van der Waals surface area contributed by atoms with Crippen molar-refractivity contribution in [2.24, 2.45) is 0 Å². The summed E-state index contributed by atoms with van der Waals surface area (Å²) >= 11 is 14.9. The fourth-order valence-electron chi connectivity index (χ4n) is 1.34. The Labute approximate surface area is 109 Å². The van der Waals surface area contributed by atoms with Gasteiger partial charge < -0.3 is 5.11 Å². The highest BCUT2D eigenvalue weighted by Gasteiger charge is 2.12. The number of nitrogens with zero attached hydrogens (tertiary/aromatic N) is 1. The molecule has 0 saturated heterocycles. The van der Waals surface area contributed by atoms with Crippen LogP contribution >= 0.6 is 39.1 Å². The summed E-state index contributed by atoms with van der Waals surface area (Å²) in [7, 11) is 0. The number of aromatic carboxylic acids is 1. The number of carbonyl (C=O) groups is 1. The van der Waals surface area contributed by atoms with Crippen molar-refractivity contribution in [1.29, 1.82) is 0 Å². The van der Waals surface area contributed by atoms with Crippen LogP contribution < -0.4 is 0 Å². The highest BCUT2D eigenvalue weighted by atomic mass is 79.9. The van der Waals surface area contributed by atoms with Crippen molar-refractivity contribution in [1.82, 2.24) is 4.98 Å². The first-order valence-corrected chi connectivity index (χ1v) is 5.72. The molecule has 1 heterocycles. The summed E-state index contributed by atoms with van der Waals surface area (Å²) in [5.41, 5.74) is 0.580. The molecule has 0 unspecified atom stereocenters. The molecule has 0 bridgehead atoms. The van der Waals surface area contributed by atoms with Crippen LogP contribution in [0.4, 0.5) is 0 Å². The molecule has 0 radical (unpaired) electrons. The van der Waals surface area contributed by atoms with Gasteiger partial charge in [-0.3, -0.25) is 0 Å². The number of aromatic nitrogens is 1. The molecule has 1 aromatic heterocycles. The molecule has 3 nitrogen and oxygen atoms in total. The highest BCUT2D eigenvalue weighted by molar-refractivity contribution is 9.10. The van der Waals surface area contributed by atoms with Crippen LogP contribution in [0.1, 0.15) is 10.4 Å². The number of fused-ring (bicyclic) bond motifs is 1. The largest absolute Gasteiger partial charge is 0.478 e. The molecule has 6 heteroatoms. The lowest BCUT2D eigenvalue weighted by Gasteiger charge is -2.04. The average molecular weight is 321 g/mol. The first-order valence-electron chi connectivity index (χ1n) is 4.17. The van der Waals surface area contributed by atoms with Gasteiger partial charge in [-0.15, -0.1) is 0 Å². The van der Waals surface area contributed by atoms with E-state index in [-0.39, 0.29) is 10.7 Å². The van der Waals surface area contributed by atoms with Gasteiger partial charge in [0.05, 0.1) is 16.1 Å². The van der Waals surface area contributed by atoms with Crippen LogP contribution in [0.15, 0.2) is 22.7 Å². The lowest BCUT2D eigenvalue weighted by Crippen LogP contribution is -1.98. The Balaban J connectivity index is 2.84. The zero-order chi connectivity index (χ0) is 11.9. The molecule has 0 spiro atoms. The number of carboxylic acids is 1. The summed E-state index contributed by atoms with van der Waals surface area (Å²) < 4.78 is 0.457. The Morgan fingerprint density at radius 1 is 1.31 bits per heavy atom.